The Balaban J connectivity index is 1.57. The molecule has 0 spiro atoms. The SMILES string of the molecule is CCOc1cc2c(cc1CNC(=O)c1c(-c3ccccc3)noc1C)O[C@H](C)C2. The van der Waals surface area contributed by atoms with Gasteiger partial charge in [-0.25, -0.2) is 0 Å². The number of rotatable bonds is 6. The van der Waals surface area contributed by atoms with Gasteiger partial charge in [-0.2, -0.15) is 0 Å². The summed E-state index contributed by atoms with van der Waals surface area (Å²) in [6, 6.07) is 13.5. The van der Waals surface area contributed by atoms with E-state index >= 15 is 0 Å². The second kappa shape index (κ2) is 7.99. The third-order valence-corrected chi connectivity index (χ3v) is 4.96. The third kappa shape index (κ3) is 3.83. The molecule has 29 heavy (non-hydrogen) atoms. The average molecular weight is 392 g/mol. The number of hydrogen-bond acceptors (Lipinski definition) is 5. The quantitative estimate of drug-likeness (QED) is 0.677. The van der Waals surface area contributed by atoms with Crippen molar-refractivity contribution in [3.05, 3.63) is 64.9 Å². The maximum absolute atomic E-state index is 13.0. The number of carbonyl (C=O) groups excluding carboxylic acids is 1. The molecule has 0 saturated carbocycles. The van der Waals surface area contributed by atoms with Crippen LogP contribution in [0, 0.1) is 6.92 Å². The first kappa shape index (κ1) is 19.1. The molecule has 0 unspecified atom stereocenters. The molecule has 2 heterocycles. The number of nitrogens with zero attached hydrogens (tertiary/aromatic N) is 1. The first-order valence-corrected chi connectivity index (χ1v) is 9.82. The van der Waals surface area contributed by atoms with Crippen LogP contribution in [0.3, 0.4) is 0 Å². The number of aromatic nitrogens is 1. The van der Waals surface area contributed by atoms with Crippen LogP contribution in [0.4, 0.5) is 0 Å². The standard InChI is InChI=1S/C23H24N2O4/c1-4-27-19-11-17-10-14(2)28-20(17)12-18(19)13-24-23(26)21-15(3)29-25-22(21)16-8-6-5-7-9-16/h5-9,11-12,14H,4,10,13H2,1-3H3,(H,24,26)/t14-/m1/s1. The van der Waals surface area contributed by atoms with Crippen molar-refractivity contribution in [1.29, 1.82) is 0 Å². The Bertz CT molecular complexity index is 1030. The molecule has 4 rings (SSSR count). The monoisotopic (exact) mass is 392 g/mol. The largest absolute Gasteiger partial charge is 0.494 e. The van der Waals surface area contributed by atoms with Gasteiger partial charge in [-0.3, -0.25) is 4.79 Å². The summed E-state index contributed by atoms with van der Waals surface area (Å²) in [5.41, 5.74) is 3.84. The molecule has 1 N–H and O–H groups in total. The number of aryl methyl sites for hydroxylation is 1. The van der Waals surface area contributed by atoms with E-state index in [2.05, 4.69) is 10.5 Å². The van der Waals surface area contributed by atoms with Crippen molar-refractivity contribution in [2.24, 2.45) is 0 Å². The number of fused-ring (bicyclic) bond motifs is 1. The van der Waals surface area contributed by atoms with Crippen molar-refractivity contribution in [2.45, 2.75) is 39.8 Å². The molecule has 3 aromatic rings. The van der Waals surface area contributed by atoms with Crippen LogP contribution in [-0.2, 0) is 13.0 Å². The van der Waals surface area contributed by atoms with E-state index in [1.807, 2.05) is 56.3 Å². The summed E-state index contributed by atoms with van der Waals surface area (Å²) in [6.07, 6.45) is 1.01. The zero-order chi connectivity index (χ0) is 20.4. The summed E-state index contributed by atoms with van der Waals surface area (Å²) in [5.74, 6) is 1.88. The Morgan fingerprint density at radius 3 is 2.83 bits per heavy atom. The van der Waals surface area contributed by atoms with E-state index < -0.39 is 0 Å². The zero-order valence-electron chi connectivity index (χ0n) is 16.8. The smallest absolute Gasteiger partial charge is 0.257 e. The minimum atomic E-state index is -0.236. The predicted octanol–water partition coefficient (Wildman–Crippen LogP) is 4.30. The lowest BCUT2D eigenvalue weighted by Gasteiger charge is -2.13. The summed E-state index contributed by atoms with van der Waals surface area (Å²) in [5, 5.41) is 7.06. The molecule has 150 valence electrons. The minimum Gasteiger partial charge on any atom is -0.494 e. The fourth-order valence-electron chi connectivity index (χ4n) is 3.61. The van der Waals surface area contributed by atoms with Gasteiger partial charge < -0.3 is 19.3 Å². The topological polar surface area (TPSA) is 73.6 Å². The van der Waals surface area contributed by atoms with Crippen molar-refractivity contribution in [1.82, 2.24) is 10.5 Å². The Kier molecular flexibility index (Phi) is 5.25. The van der Waals surface area contributed by atoms with Gasteiger partial charge >= 0.3 is 0 Å². The van der Waals surface area contributed by atoms with Gasteiger partial charge in [0.25, 0.3) is 5.91 Å². The normalized spacial score (nSPS) is 14.9. The van der Waals surface area contributed by atoms with Crippen molar-refractivity contribution in [3.63, 3.8) is 0 Å². The van der Waals surface area contributed by atoms with Crippen LogP contribution in [0.1, 0.15) is 41.1 Å². The number of amides is 1. The Labute approximate surface area is 169 Å². The van der Waals surface area contributed by atoms with Gasteiger partial charge in [0.2, 0.25) is 0 Å². The maximum Gasteiger partial charge on any atom is 0.257 e. The highest BCUT2D eigenvalue weighted by atomic mass is 16.5. The molecule has 6 nitrogen and oxygen atoms in total. The van der Waals surface area contributed by atoms with Crippen molar-refractivity contribution in [3.8, 4) is 22.8 Å². The van der Waals surface area contributed by atoms with Crippen LogP contribution in [0.5, 0.6) is 11.5 Å². The van der Waals surface area contributed by atoms with Crippen LogP contribution in [-0.4, -0.2) is 23.8 Å². The van der Waals surface area contributed by atoms with Gasteiger partial charge in [-0.15, -0.1) is 0 Å². The van der Waals surface area contributed by atoms with E-state index in [1.165, 1.54) is 0 Å². The molecule has 1 aliphatic heterocycles. The molecule has 0 aliphatic carbocycles. The van der Waals surface area contributed by atoms with Crippen molar-refractivity contribution in [2.75, 3.05) is 6.61 Å². The van der Waals surface area contributed by atoms with Gasteiger partial charge in [-0.1, -0.05) is 35.5 Å². The van der Waals surface area contributed by atoms with Gasteiger partial charge in [0.15, 0.2) is 0 Å². The second-order valence-electron chi connectivity index (χ2n) is 7.14. The Hall–Kier alpha value is -3.28. The number of benzene rings is 2. The second-order valence-corrected chi connectivity index (χ2v) is 7.14. The van der Waals surface area contributed by atoms with E-state index in [0.717, 1.165) is 34.6 Å². The summed E-state index contributed by atoms with van der Waals surface area (Å²) in [4.78, 5) is 13.0. The lowest BCUT2D eigenvalue weighted by Crippen LogP contribution is -2.24. The lowest BCUT2D eigenvalue weighted by molar-refractivity contribution is 0.0949. The maximum atomic E-state index is 13.0. The molecule has 0 fully saturated rings. The molecule has 0 radical (unpaired) electrons. The zero-order valence-corrected chi connectivity index (χ0v) is 16.8. The number of nitrogens with one attached hydrogen (secondary N) is 1. The molecule has 2 aromatic carbocycles. The van der Waals surface area contributed by atoms with E-state index in [9.17, 15) is 4.79 Å². The van der Waals surface area contributed by atoms with E-state index in [1.54, 1.807) is 6.92 Å². The summed E-state index contributed by atoms with van der Waals surface area (Å²) in [7, 11) is 0. The fraction of sp³-hybridized carbons (Fsp3) is 0.304. The van der Waals surface area contributed by atoms with Crippen LogP contribution in [0.2, 0.25) is 0 Å². The Morgan fingerprint density at radius 1 is 1.28 bits per heavy atom. The predicted molar refractivity (Wildman–Crippen MR) is 109 cm³/mol. The van der Waals surface area contributed by atoms with Crippen molar-refractivity contribution < 1.29 is 18.8 Å². The molecule has 1 aromatic heterocycles. The molecule has 0 bridgehead atoms. The number of carbonyl (C=O) groups is 1. The molecule has 1 aliphatic rings. The average Bonchev–Trinajstić information content (AvgIpc) is 3.28. The Morgan fingerprint density at radius 2 is 2.07 bits per heavy atom. The first-order chi connectivity index (χ1) is 14.1. The van der Waals surface area contributed by atoms with Gasteiger partial charge in [0.1, 0.15) is 34.6 Å². The summed E-state index contributed by atoms with van der Waals surface area (Å²) in [6.45, 7) is 6.60. The lowest BCUT2D eigenvalue weighted by atomic mass is 10.0. The van der Waals surface area contributed by atoms with Crippen molar-refractivity contribution >= 4 is 5.91 Å². The minimum absolute atomic E-state index is 0.150. The highest BCUT2D eigenvalue weighted by Crippen LogP contribution is 2.35. The molecule has 1 amide bonds. The molecule has 0 saturated heterocycles. The van der Waals surface area contributed by atoms with Crippen LogP contribution < -0.4 is 14.8 Å². The number of hydrogen-bond donors (Lipinski definition) is 1. The van der Waals surface area contributed by atoms with E-state index in [4.69, 9.17) is 14.0 Å². The highest BCUT2D eigenvalue weighted by Gasteiger charge is 2.24. The van der Waals surface area contributed by atoms with E-state index in [-0.39, 0.29) is 12.0 Å². The third-order valence-electron chi connectivity index (χ3n) is 4.96. The molecule has 1 atom stereocenters. The first-order valence-electron chi connectivity index (χ1n) is 9.82. The fourth-order valence-corrected chi connectivity index (χ4v) is 3.61. The van der Waals surface area contributed by atoms with Crippen LogP contribution in [0.25, 0.3) is 11.3 Å². The molecular weight excluding hydrogens is 368 g/mol. The number of ether oxygens (including phenoxy) is 2. The van der Waals surface area contributed by atoms with Gasteiger partial charge in [-0.05, 0) is 32.9 Å². The van der Waals surface area contributed by atoms with Gasteiger partial charge in [0.05, 0.1) is 6.61 Å². The molecule has 6 heteroatoms. The molecular formula is C23H24N2O4. The van der Waals surface area contributed by atoms with Gasteiger partial charge in [0, 0.05) is 29.7 Å². The highest BCUT2D eigenvalue weighted by molar-refractivity contribution is 6.00. The summed E-state index contributed by atoms with van der Waals surface area (Å²) >= 11 is 0. The van der Waals surface area contributed by atoms with E-state index in [0.29, 0.717) is 30.2 Å². The summed E-state index contributed by atoms with van der Waals surface area (Å²) < 4.78 is 17.0. The van der Waals surface area contributed by atoms with Crippen LogP contribution in [0.15, 0.2) is 47.0 Å². The van der Waals surface area contributed by atoms with Crippen LogP contribution >= 0.6 is 0 Å².